The van der Waals surface area contributed by atoms with Gasteiger partial charge < -0.3 is 15.5 Å². The Bertz CT molecular complexity index is 232. The van der Waals surface area contributed by atoms with Gasteiger partial charge >= 0.3 is 18.3 Å². The van der Waals surface area contributed by atoms with Gasteiger partial charge in [-0.1, -0.05) is 0 Å². The minimum absolute atomic E-state index is 0.745. The van der Waals surface area contributed by atoms with Gasteiger partial charge in [-0.3, -0.25) is 0 Å². The zero-order valence-electron chi connectivity index (χ0n) is 7.81. The second-order valence-corrected chi connectivity index (χ2v) is 3.24. The standard InChI is InChI=1S/C7H11F4NO3/c1-6(15,5(13)14)2-12-3-7(10,11)4(8)9/h4,12,15H,2-3H2,1H3,(H,13,14). The molecule has 15 heavy (non-hydrogen) atoms. The first-order valence-corrected chi connectivity index (χ1v) is 3.92. The summed E-state index contributed by atoms with van der Waals surface area (Å²) in [6.07, 6.45) is -3.83. The number of hydrogen-bond acceptors (Lipinski definition) is 3. The number of nitrogens with one attached hydrogen (secondary N) is 1. The topological polar surface area (TPSA) is 69.6 Å². The summed E-state index contributed by atoms with van der Waals surface area (Å²) in [5, 5.41) is 19.2. The third-order valence-corrected chi connectivity index (χ3v) is 1.61. The zero-order chi connectivity index (χ0) is 12.3. The van der Waals surface area contributed by atoms with Crippen LogP contribution in [0.1, 0.15) is 6.92 Å². The van der Waals surface area contributed by atoms with Gasteiger partial charge in [0.25, 0.3) is 0 Å². The van der Waals surface area contributed by atoms with E-state index in [9.17, 15) is 22.4 Å². The number of aliphatic carboxylic acids is 1. The summed E-state index contributed by atoms with van der Waals surface area (Å²) in [6, 6.07) is 0. The summed E-state index contributed by atoms with van der Waals surface area (Å²) in [5.41, 5.74) is -2.27. The summed E-state index contributed by atoms with van der Waals surface area (Å²) in [7, 11) is 0. The number of alkyl halides is 4. The Morgan fingerprint density at radius 2 is 1.87 bits per heavy atom. The third kappa shape index (κ3) is 4.43. The van der Waals surface area contributed by atoms with Gasteiger partial charge in [0, 0.05) is 6.54 Å². The number of hydrogen-bond donors (Lipinski definition) is 3. The minimum Gasteiger partial charge on any atom is -0.479 e. The van der Waals surface area contributed by atoms with Gasteiger partial charge in [0.2, 0.25) is 0 Å². The maximum Gasteiger partial charge on any atom is 0.336 e. The quantitative estimate of drug-likeness (QED) is 0.577. The third-order valence-electron chi connectivity index (χ3n) is 1.61. The van der Waals surface area contributed by atoms with Crippen molar-refractivity contribution in [1.82, 2.24) is 5.32 Å². The van der Waals surface area contributed by atoms with E-state index in [1.165, 1.54) is 0 Å². The van der Waals surface area contributed by atoms with Crippen LogP contribution in [0.3, 0.4) is 0 Å². The van der Waals surface area contributed by atoms with Crippen LogP contribution in [-0.4, -0.2) is 47.2 Å². The molecule has 0 spiro atoms. The number of rotatable bonds is 6. The maximum absolute atomic E-state index is 12.3. The summed E-state index contributed by atoms with van der Waals surface area (Å²) in [5.74, 6) is -5.87. The second kappa shape index (κ2) is 4.75. The molecule has 0 aromatic heterocycles. The Morgan fingerprint density at radius 1 is 1.40 bits per heavy atom. The summed E-state index contributed by atoms with van der Waals surface area (Å²) in [4.78, 5) is 10.3. The summed E-state index contributed by atoms with van der Waals surface area (Å²) < 4.78 is 47.8. The van der Waals surface area contributed by atoms with Crippen molar-refractivity contribution in [3.63, 3.8) is 0 Å². The van der Waals surface area contributed by atoms with Crippen LogP contribution >= 0.6 is 0 Å². The fourth-order valence-electron chi connectivity index (χ4n) is 0.625. The van der Waals surface area contributed by atoms with Crippen LogP contribution in [0, 0.1) is 0 Å². The average molecular weight is 233 g/mol. The van der Waals surface area contributed by atoms with Crippen LogP contribution in [0.5, 0.6) is 0 Å². The summed E-state index contributed by atoms with van der Waals surface area (Å²) >= 11 is 0. The maximum atomic E-state index is 12.3. The highest BCUT2D eigenvalue weighted by molar-refractivity contribution is 5.76. The Hall–Kier alpha value is -0.890. The molecular formula is C7H11F4NO3. The van der Waals surface area contributed by atoms with E-state index in [0.717, 1.165) is 6.92 Å². The Kier molecular flexibility index (Phi) is 4.47. The van der Waals surface area contributed by atoms with E-state index >= 15 is 0 Å². The van der Waals surface area contributed by atoms with Gasteiger partial charge in [-0.15, -0.1) is 0 Å². The second-order valence-electron chi connectivity index (χ2n) is 3.24. The molecule has 1 atom stereocenters. The molecular weight excluding hydrogens is 222 g/mol. The predicted octanol–water partition coefficient (Wildman–Crippen LogP) is 0.312. The lowest BCUT2D eigenvalue weighted by Crippen LogP contribution is -2.48. The lowest BCUT2D eigenvalue weighted by atomic mass is 10.1. The van der Waals surface area contributed by atoms with Crippen molar-refractivity contribution in [3.05, 3.63) is 0 Å². The molecule has 0 fully saturated rings. The van der Waals surface area contributed by atoms with E-state index < -0.39 is 37.0 Å². The van der Waals surface area contributed by atoms with E-state index in [4.69, 9.17) is 10.2 Å². The van der Waals surface area contributed by atoms with E-state index in [1.807, 2.05) is 0 Å². The Morgan fingerprint density at radius 3 is 2.20 bits per heavy atom. The number of halogens is 4. The van der Waals surface area contributed by atoms with Crippen LogP contribution in [-0.2, 0) is 4.79 Å². The number of carboxylic acids is 1. The van der Waals surface area contributed by atoms with Crippen molar-refractivity contribution < 1.29 is 32.6 Å². The fraction of sp³-hybridized carbons (Fsp3) is 0.857. The Labute approximate surface area is 82.9 Å². The summed E-state index contributed by atoms with van der Waals surface area (Å²) in [6.45, 7) is -1.28. The Balaban J connectivity index is 4.05. The highest BCUT2D eigenvalue weighted by atomic mass is 19.3. The van der Waals surface area contributed by atoms with Gasteiger partial charge in [-0.25, -0.2) is 13.6 Å². The normalized spacial score (nSPS) is 16.5. The molecule has 0 rings (SSSR count). The molecule has 1 unspecified atom stereocenters. The smallest absolute Gasteiger partial charge is 0.336 e. The molecule has 0 radical (unpaired) electrons. The molecule has 0 aliphatic heterocycles. The van der Waals surface area contributed by atoms with Crippen molar-refractivity contribution >= 4 is 5.97 Å². The van der Waals surface area contributed by atoms with Gasteiger partial charge in [0.15, 0.2) is 5.60 Å². The monoisotopic (exact) mass is 233 g/mol. The lowest BCUT2D eigenvalue weighted by molar-refractivity contribution is -0.157. The van der Waals surface area contributed by atoms with Crippen molar-refractivity contribution in [2.45, 2.75) is 24.9 Å². The molecule has 8 heteroatoms. The molecule has 90 valence electrons. The average Bonchev–Trinajstić information content (AvgIpc) is 2.02. The first-order chi connectivity index (χ1) is 6.59. The van der Waals surface area contributed by atoms with Crippen molar-refractivity contribution in [3.8, 4) is 0 Å². The van der Waals surface area contributed by atoms with Crippen molar-refractivity contribution in [2.24, 2.45) is 0 Å². The molecule has 3 N–H and O–H groups in total. The van der Waals surface area contributed by atoms with Crippen LogP contribution in [0.2, 0.25) is 0 Å². The minimum atomic E-state index is -4.24. The fourth-order valence-corrected chi connectivity index (χ4v) is 0.625. The van der Waals surface area contributed by atoms with Crippen LogP contribution < -0.4 is 5.32 Å². The van der Waals surface area contributed by atoms with E-state index in [-0.39, 0.29) is 0 Å². The highest BCUT2D eigenvalue weighted by Crippen LogP contribution is 2.21. The largest absolute Gasteiger partial charge is 0.479 e. The van der Waals surface area contributed by atoms with Crippen LogP contribution in [0.15, 0.2) is 0 Å². The number of aliphatic hydroxyl groups is 1. The van der Waals surface area contributed by atoms with Gasteiger partial charge in [-0.05, 0) is 6.92 Å². The predicted molar refractivity (Wildman–Crippen MR) is 42.1 cm³/mol. The molecule has 0 aliphatic carbocycles. The van der Waals surface area contributed by atoms with Gasteiger partial charge in [-0.2, -0.15) is 8.78 Å². The number of carboxylic acid groups (broad SMARTS) is 1. The van der Waals surface area contributed by atoms with E-state index in [0.29, 0.717) is 0 Å². The van der Waals surface area contributed by atoms with Crippen LogP contribution in [0.4, 0.5) is 17.6 Å². The zero-order valence-corrected chi connectivity index (χ0v) is 7.81. The van der Waals surface area contributed by atoms with Crippen LogP contribution in [0.25, 0.3) is 0 Å². The van der Waals surface area contributed by atoms with E-state index in [2.05, 4.69) is 0 Å². The van der Waals surface area contributed by atoms with Crippen molar-refractivity contribution in [1.29, 1.82) is 0 Å². The molecule has 0 heterocycles. The van der Waals surface area contributed by atoms with Gasteiger partial charge in [0.1, 0.15) is 0 Å². The van der Waals surface area contributed by atoms with Gasteiger partial charge in [0.05, 0.1) is 6.54 Å². The lowest BCUT2D eigenvalue weighted by Gasteiger charge is -2.21. The first-order valence-electron chi connectivity index (χ1n) is 3.92. The van der Waals surface area contributed by atoms with Crippen molar-refractivity contribution in [2.75, 3.05) is 13.1 Å². The molecule has 0 aliphatic rings. The van der Waals surface area contributed by atoms with E-state index in [1.54, 1.807) is 5.32 Å². The molecule has 0 bridgehead atoms. The molecule has 0 aromatic rings. The molecule has 0 amide bonds. The molecule has 0 saturated heterocycles. The molecule has 4 nitrogen and oxygen atoms in total. The highest BCUT2D eigenvalue weighted by Gasteiger charge is 2.41. The SMILES string of the molecule is CC(O)(CNCC(F)(F)C(F)F)C(=O)O. The first kappa shape index (κ1) is 14.1. The number of carbonyl (C=O) groups is 1. The molecule has 0 saturated carbocycles. The molecule has 0 aromatic carbocycles.